The maximum atomic E-state index is 13.7. The van der Waals surface area contributed by atoms with Gasteiger partial charge in [0.1, 0.15) is 16.2 Å². The van der Waals surface area contributed by atoms with Gasteiger partial charge in [0.05, 0.1) is 20.8 Å². The first kappa shape index (κ1) is 23.9. The average molecular weight is 434 g/mol. The molecule has 0 fully saturated rings. The van der Waals surface area contributed by atoms with E-state index in [0.29, 0.717) is 0 Å². The topological polar surface area (TPSA) is 65.1 Å². The number of nitrogens with zero attached hydrogens (tertiary/aromatic N) is 1. The van der Waals surface area contributed by atoms with Gasteiger partial charge in [0, 0.05) is 20.2 Å². The summed E-state index contributed by atoms with van der Waals surface area (Å²) >= 11 is 0. The molecule has 0 saturated heterocycles. The van der Waals surface area contributed by atoms with Gasteiger partial charge in [-0.25, -0.2) is 8.42 Å². The summed E-state index contributed by atoms with van der Waals surface area (Å²) in [5, 5.41) is 0. The van der Waals surface area contributed by atoms with E-state index in [0.717, 1.165) is 22.6 Å². The number of allylic oxidation sites excluding steroid dienone is 1. The predicted octanol–water partition coefficient (Wildman–Crippen LogP) is 4.02. The van der Waals surface area contributed by atoms with Gasteiger partial charge < -0.3 is 14.2 Å². The lowest BCUT2D eigenvalue weighted by atomic mass is 10.1. The molecule has 1 atom stereocenters. The van der Waals surface area contributed by atoms with Crippen LogP contribution in [0.25, 0.3) is 0 Å². The fourth-order valence-corrected chi connectivity index (χ4v) is 5.11. The smallest absolute Gasteiger partial charge is 0.222 e. The lowest BCUT2D eigenvalue weighted by Crippen LogP contribution is -2.48. The zero-order valence-electron chi connectivity index (χ0n) is 18.1. The van der Waals surface area contributed by atoms with Gasteiger partial charge >= 0.3 is 0 Å². The van der Waals surface area contributed by atoms with Crippen LogP contribution < -0.4 is 9.47 Å². The molecule has 0 heterocycles. The van der Waals surface area contributed by atoms with Crippen LogP contribution in [0.1, 0.15) is 24.5 Å². The molecule has 2 rings (SSSR count). The largest absolute Gasteiger partial charge is 0.497 e. The van der Waals surface area contributed by atoms with E-state index < -0.39 is 14.8 Å². The lowest BCUT2D eigenvalue weighted by Gasteiger charge is -2.34. The molecule has 2 aromatic rings. The van der Waals surface area contributed by atoms with Crippen LogP contribution in [0.2, 0.25) is 0 Å². The van der Waals surface area contributed by atoms with Crippen molar-refractivity contribution in [2.24, 2.45) is 0 Å². The first-order valence-corrected chi connectivity index (χ1v) is 11.1. The van der Waals surface area contributed by atoms with Gasteiger partial charge in [0.15, 0.2) is 0 Å². The van der Waals surface area contributed by atoms with Gasteiger partial charge in [-0.05, 0) is 48.7 Å². The summed E-state index contributed by atoms with van der Waals surface area (Å²) in [5.74, 6) is 1.44. The first-order valence-electron chi connectivity index (χ1n) is 9.65. The van der Waals surface area contributed by atoms with Crippen molar-refractivity contribution in [3.63, 3.8) is 0 Å². The highest BCUT2D eigenvalue weighted by atomic mass is 32.2. The van der Waals surface area contributed by atoms with Crippen molar-refractivity contribution >= 4 is 10.0 Å². The minimum Gasteiger partial charge on any atom is -0.497 e. The van der Waals surface area contributed by atoms with Crippen LogP contribution in [0, 0.1) is 0 Å². The fraction of sp³-hybridized carbons (Fsp3) is 0.391. The monoisotopic (exact) mass is 433 g/mol. The van der Waals surface area contributed by atoms with E-state index in [-0.39, 0.29) is 26.1 Å². The normalized spacial score (nSPS) is 13.6. The van der Waals surface area contributed by atoms with E-state index in [1.807, 2.05) is 48.5 Å². The number of methoxy groups -OCH3 is 3. The van der Waals surface area contributed by atoms with Crippen molar-refractivity contribution in [2.45, 2.75) is 31.2 Å². The Hall–Kier alpha value is -2.35. The van der Waals surface area contributed by atoms with Crippen molar-refractivity contribution in [1.82, 2.24) is 4.31 Å². The molecule has 30 heavy (non-hydrogen) atoms. The zero-order valence-corrected chi connectivity index (χ0v) is 18.9. The van der Waals surface area contributed by atoms with E-state index in [9.17, 15) is 8.42 Å². The van der Waals surface area contributed by atoms with Gasteiger partial charge in [-0.15, -0.1) is 6.58 Å². The molecule has 0 radical (unpaired) electrons. The van der Waals surface area contributed by atoms with Crippen LogP contribution in [0.3, 0.4) is 0 Å². The van der Waals surface area contributed by atoms with Gasteiger partial charge in [-0.1, -0.05) is 30.3 Å². The molecule has 0 amide bonds. The Bertz CT molecular complexity index is 860. The summed E-state index contributed by atoms with van der Waals surface area (Å²) in [6, 6.07) is 14.8. The maximum absolute atomic E-state index is 13.7. The summed E-state index contributed by atoms with van der Waals surface area (Å²) in [6.45, 7) is 5.97. The summed E-state index contributed by atoms with van der Waals surface area (Å²) in [7, 11) is 0.964. The van der Waals surface area contributed by atoms with E-state index in [2.05, 4.69) is 6.58 Å². The number of hydrogen-bond acceptors (Lipinski definition) is 5. The molecule has 0 aliphatic heterocycles. The van der Waals surface area contributed by atoms with Gasteiger partial charge in [-0.3, -0.25) is 0 Å². The average Bonchev–Trinajstić information content (AvgIpc) is 2.74. The highest BCUT2D eigenvalue weighted by Gasteiger charge is 2.42. The summed E-state index contributed by atoms with van der Waals surface area (Å²) in [5.41, 5.74) is 1.73. The molecule has 1 unspecified atom stereocenters. The number of hydrogen-bond donors (Lipinski definition) is 0. The van der Waals surface area contributed by atoms with Crippen LogP contribution in [-0.4, -0.2) is 45.4 Å². The third-order valence-electron chi connectivity index (χ3n) is 5.02. The van der Waals surface area contributed by atoms with Crippen LogP contribution in [0.4, 0.5) is 0 Å². The van der Waals surface area contributed by atoms with Crippen LogP contribution in [-0.2, 0) is 27.8 Å². The Morgan fingerprint density at radius 1 is 0.900 bits per heavy atom. The molecule has 0 aromatic heterocycles. The highest BCUT2D eigenvalue weighted by Crippen LogP contribution is 2.29. The molecule has 0 bridgehead atoms. The maximum Gasteiger partial charge on any atom is 0.222 e. The molecular formula is C23H31NO5S. The number of rotatable bonds is 12. The number of sulfonamides is 1. The minimum atomic E-state index is -3.74. The second-order valence-electron chi connectivity index (χ2n) is 7.34. The zero-order chi connectivity index (χ0) is 22.2. The standard InChI is InChI=1S/C23H31NO5S/c1-6-15-23(2,18-27-3)30(25,26)24(16-19-7-11-21(28-4)12-8-19)17-20-9-13-22(29-5)14-10-20/h6-14H,1,15-18H2,2-5H3. The van der Waals surface area contributed by atoms with Gasteiger partial charge in [-0.2, -0.15) is 4.31 Å². The molecule has 164 valence electrons. The summed E-state index contributed by atoms with van der Waals surface area (Å²) < 4.78 is 43.5. The Balaban J connectivity index is 2.42. The molecule has 0 aliphatic rings. The molecule has 7 heteroatoms. The van der Waals surface area contributed by atoms with E-state index >= 15 is 0 Å². The Kier molecular flexibility index (Phi) is 8.46. The van der Waals surface area contributed by atoms with Crippen LogP contribution in [0.15, 0.2) is 61.2 Å². The molecule has 0 aliphatic carbocycles. The van der Waals surface area contributed by atoms with E-state index in [1.165, 1.54) is 11.4 Å². The number of ether oxygens (including phenoxy) is 3. The first-order chi connectivity index (χ1) is 14.3. The van der Waals surface area contributed by atoms with Crippen molar-refractivity contribution in [3.8, 4) is 11.5 Å². The molecule has 0 N–H and O–H groups in total. The summed E-state index contributed by atoms with van der Waals surface area (Å²) in [6.07, 6.45) is 1.90. The molecule has 2 aromatic carbocycles. The Morgan fingerprint density at radius 3 is 1.67 bits per heavy atom. The third-order valence-corrected chi connectivity index (χ3v) is 7.49. The fourth-order valence-electron chi connectivity index (χ4n) is 3.26. The van der Waals surface area contributed by atoms with Crippen molar-refractivity contribution in [1.29, 1.82) is 0 Å². The second-order valence-corrected chi connectivity index (χ2v) is 9.80. The third kappa shape index (κ3) is 5.62. The number of benzene rings is 2. The Morgan fingerprint density at radius 2 is 1.33 bits per heavy atom. The van der Waals surface area contributed by atoms with Gasteiger partial charge in [0.2, 0.25) is 10.0 Å². The quantitative estimate of drug-likeness (QED) is 0.473. The SMILES string of the molecule is C=CCC(C)(COC)S(=O)(=O)N(Cc1ccc(OC)cc1)Cc1ccc(OC)cc1. The minimum absolute atomic E-state index is 0.0725. The predicted molar refractivity (Wildman–Crippen MR) is 119 cm³/mol. The van der Waals surface area contributed by atoms with Crippen molar-refractivity contribution in [3.05, 3.63) is 72.3 Å². The summed E-state index contributed by atoms with van der Waals surface area (Å²) in [4.78, 5) is 0. The lowest BCUT2D eigenvalue weighted by molar-refractivity contribution is 0.165. The van der Waals surface area contributed by atoms with E-state index in [4.69, 9.17) is 14.2 Å². The molecule has 6 nitrogen and oxygen atoms in total. The van der Waals surface area contributed by atoms with E-state index in [1.54, 1.807) is 27.2 Å². The Labute approximate surface area is 180 Å². The highest BCUT2D eigenvalue weighted by molar-refractivity contribution is 7.90. The second kappa shape index (κ2) is 10.6. The molecule has 0 spiro atoms. The van der Waals surface area contributed by atoms with Gasteiger partial charge in [0.25, 0.3) is 0 Å². The van der Waals surface area contributed by atoms with Crippen LogP contribution >= 0.6 is 0 Å². The van der Waals surface area contributed by atoms with Crippen LogP contribution in [0.5, 0.6) is 11.5 Å². The molecular weight excluding hydrogens is 402 g/mol. The van der Waals surface area contributed by atoms with Crippen molar-refractivity contribution < 1.29 is 22.6 Å². The molecule has 0 saturated carbocycles. The van der Waals surface area contributed by atoms with Crippen molar-refractivity contribution in [2.75, 3.05) is 27.9 Å².